The smallest absolute Gasteiger partial charge is 0.261 e. The number of ether oxygens (including phenoxy) is 3. The van der Waals surface area contributed by atoms with Crippen molar-refractivity contribution in [2.24, 2.45) is 4.99 Å². The Balaban J connectivity index is 0.974. The third-order valence-corrected chi connectivity index (χ3v) is 11.9. The molecule has 0 saturated carbocycles. The Hall–Kier alpha value is -4.96. The first kappa shape index (κ1) is 34.1. The van der Waals surface area contributed by atoms with Crippen LogP contribution in [0.2, 0.25) is 0 Å². The number of hydrogen-bond acceptors (Lipinski definition) is 8. The van der Waals surface area contributed by atoms with Crippen LogP contribution in [0.15, 0.2) is 77.8 Å². The highest BCUT2D eigenvalue weighted by molar-refractivity contribution is 7.99. The third kappa shape index (κ3) is 6.06. The van der Waals surface area contributed by atoms with Gasteiger partial charge >= 0.3 is 0 Å². The van der Waals surface area contributed by atoms with Gasteiger partial charge in [-0.15, -0.1) is 0 Å². The summed E-state index contributed by atoms with van der Waals surface area (Å²) >= 11 is 1.83. The Morgan fingerprint density at radius 3 is 2.21 bits per heavy atom. The fourth-order valence-electron chi connectivity index (χ4n) is 7.92. The fourth-order valence-corrected chi connectivity index (χ4v) is 8.20. The molecule has 4 aromatic rings. The molecule has 0 N–H and O–H groups in total. The van der Waals surface area contributed by atoms with Crippen molar-refractivity contribution >= 4 is 52.5 Å². The van der Waals surface area contributed by atoms with Crippen molar-refractivity contribution in [3.8, 4) is 17.2 Å². The lowest BCUT2D eigenvalue weighted by Crippen LogP contribution is -2.45. The van der Waals surface area contributed by atoms with E-state index < -0.39 is 0 Å². The Morgan fingerprint density at radius 1 is 0.808 bits per heavy atom. The van der Waals surface area contributed by atoms with Crippen LogP contribution >= 0.6 is 11.8 Å². The average Bonchev–Trinajstić information content (AvgIpc) is 3.64. The molecule has 268 valence electrons. The number of aryl methyl sites for hydroxylation is 1. The quantitative estimate of drug-likeness (QED) is 0.156. The molecule has 52 heavy (non-hydrogen) atoms. The summed E-state index contributed by atoms with van der Waals surface area (Å²) in [5, 5.41) is 0. The van der Waals surface area contributed by atoms with E-state index in [9.17, 15) is 9.59 Å². The molecule has 10 heteroatoms. The number of methoxy groups -OCH3 is 1. The van der Waals surface area contributed by atoms with Gasteiger partial charge in [0.05, 0.1) is 54.9 Å². The van der Waals surface area contributed by atoms with Crippen molar-refractivity contribution in [2.75, 3.05) is 54.4 Å². The fraction of sp³-hybridized carbons (Fsp3) is 0.357. The van der Waals surface area contributed by atoms with E-state index in [0.29, 0.717) is 47.9 Å². The van der Waals surface area contributed by atoms with Crippen LogP contribution in [0, 0.1) is 6.92 Å². The predicted octanol–water partition coefficient (Wildman–Crippen LogP) is 7.67. The molecule has 0 aliphatic carbocycles. The number of benzene rings is 4. The van der Waals surface area contributed by atoms with Crippen LogP contribution in [0.1, 0.15) is 57.7 Å². The number of thioether (sulfide) groups is 1. The van der Waals surface area contributed by atoms with Gasteiger partial charge < -0.3 is 24.0 Å². The third-order valence-electron chi connectivity index (χ3n) is 10.6. The summed E-state index contributed by atoms with van der Waals surface area (Å²) in [7, 11) is 1.58. The van der Waals surface area contributed by atoms with E-state index >= 15 is 0 Å². The molecule has 0 aromatic heterocycles. The van der Waals surface area contributed by atoms with Gasteiger partial charge in [0.1, 0.15) is 5.75 Å². The van der Waals surface area contributed by atoms with E-state index in [1.165, 1.54) is 5.56 Å². The average molecular weight is 717 g/mol. The molecule has 4 aliphatic rings. The van der Waals surface area contributed by atoms with Crippen LogP contribution in [-0.2, 0) is 12.8 Å². The molecule has 0 spiro atoms. The topological polar surface area (TPSA) is 83.9 Å². The molecular weight excluding hydrogens is 673 g/mol. The molecular formula is C42H44N4O5S. The van der Waals surface area contributed by atoms with Crippen LogP contribution in [0.3, 0.4) is 0 Å². The van der Waals surface area contributed by atoms with Crippen molar-refractivity contribution < 1.29 is 23.8 Å². The SMILES string of the molecule is COc1cc2c(cc1OCCCOc1cc3c(cc1C)C(=O)N1c4ccccc4C[C@H]1CN3CC(C)(C)SC)N=C[C@@H]1Cc3ccccc3N1C2=O. The second kappa shape index (κ2) is 13.5. The summed E-state index contributed by atoms with van der Waals surface area (Å²) in [6.07, 6.45) is 6.19. The minimum atomic E-state index is -0.127. The van der Waals surface area contributed by atoms with Gasteiger partial charge in [0.15, 0.2) is 11.5 Å². The summed E-state index contributed by atoms with van der Waals surface area (Å²) in [6.45, 7) is 8.85. The summed E-state index contributed by atoms with van der Waals surface area (Å²) in [6, 6.07) is 23.8. The lowest BCUT2D eigenvalue weighted by atomic mass is 10.0. The summed E-state index contributed by atoms with van der Waals surface area (Å²) in [4.78, 5) is 38.9. The zero-order valence-electron chi connectivity index (χ0n) is 30.3. The van der Waals surface area contributed by atoms with Gasteiger partial charge in [-0.05, 0) is 74.4 Å². The maximum atomic E-state index is 14.2. The highest BCUT2D eigenvalue weighted by Crippen LogP contribution is 2.43. The van der Waals surface area contributed by atoms with E-state index in [-0.39, 0.29) is 28.6 Å². The number of rotatable bonds is 10. The van der Waals surface area contributed by atoms with Gasteiger partial charge in [0.2, 0.25) is 0 Å². The number of carbonyl (C=O) groups is 2. The van der Waals surface area contributed by atoms with E-state index in [4.69, 9.17) is 19.2 Å². The lowest BCUT2D eigenvalue weighted by Gasteiger charge is -2.34. The largest absolute Gasteiger partial charge is 0.493 e. The van der Waals surface area contributed by atoms with Gasteiger partial charge in [0.25, 0.3) is 11.8 Å². The van der Waals surface area contributed by atoms with Crippen molar-refractivity contribution in [2.45, 2.75) is 56.9 Å². The molecule has 4 aromatic carbocycles. The maximum Gasteiger partial charge on any atom is 0.261 e. The normalized spacial score (nSPS) is 18.5. The van der Waals surface area contributed by atoms with Crippen LogP contribution in [0.25, 0.3) is 0 Å². The second-order valence-corrected chi connectivity index (χ2v) is 16.1. The molecule has 9 nitrogen and oxygen atoms in total. The Kier molecular flexibility index (Phi) is 8.89. The first-order valence-corrected chi connectivity index (χ1v) is 19.2. The molecule has 2 amide bonds. The van der Waals surface area contributed by atoms with Crippen molar-refractivity contribution in [3.63, 3.8) is 0 Å². The molecule has 2 atom stereocenters. The monoisotopic (exact) mass is 716 g/mol. The Bertz CT molecular complexity index is 2100. The minimum absolute atomic E-state index is 0.0122. The first-order chi connectivity index (χ1) is 25.2. The molecule has 0 bridgehead atoms. The molecule has 8 rings (SSSR count). The van der Waals surface area contributed by atoms with Crippen molar-refractivity contribution in [1.29, 1.82) is 0 Å². The number of hydrogen-bond donors (Lipinski definition) is 0. The Morgan fingerprint density at radius 2 is 1.48 bits per heavy atom. The number of aliphatic imine (C=N–C) groups is 1. The number of carbonyl (C=O) groups excluding carboxylic acids is 2. The van der Waals surface area contributed by atoms with Crippen LogP contribution in [-0.4, -0.2) is 74.5 Å². The number of anilines is 3. The van der Waals surface area contributed by atoms with Crippen LogP contribution in [0.5, 0.6) is 17.2 Å². The highest BCUT2D eigenvalue weighted by Gasteiger charge is 2.41. The molecule has 0 fully saturated rings. The molecule has 4 heterocycles. The zero-order chi connectivity index (χ0) is 36.1. The number of fused-ring (bicyclic) bond motifs is 8. The summed E-state index contributed by atoms with van der Waals surface area (Å²) in [5.74, 6) is 1.72. The molecule has 0 saturated heterocycles. The zero-order valence-corrected chi connectivity index (χ0v) is 31.2. The van der Waals surface area contributed by atoms with E-state index in [2.05, 4.69) is 55.3 Å². The first-order valence-electron chi connectivity index (χ1n) is 18.0. The molecule has 4 aliphatic heterocycles. The van der Waals surface area contributed by atoms with Crippen molar-refractivity contribution in [1.82, 2.24) is 0 Å². The number of nitrogens with zero attached hydrogens (tertiary/aromatic N) is 4. The molecule has 0 radical (unpaired) electrons. The predicted molar refractivity (Wildman–Crippen MR) is 209 cm³/mol. The molecule has 0 unspecified atom stereocenters. The van der Waals surface area contributed by atoms with E-state index in [0.717, 1.165) is 59.9 Å². The highest BCUT2D eigenvalue weighted by atomic mass is 32.2. The van der Waals surface area contributed by atoms with E-state index in [1.807, 2.05) is 65.0 Å². The Labute approximate surface area is 309 Å². The van der Waals surface area contributed by atoms with Gasteiger partial charge in [-0.2, -0.15) is 11.8 Å². The van der Waals surface area contributed by atoms with Crippen LogP contribution in [0.4, 0.5) is 22.7 Å². The number of para-hydroxylation sites is 2. The van der Waals surface area contributed by atoms with E-state index in [1.54, 1.807) is 19.2 Å². The summed E-state index contributed by atoms with van der Waals surface area (Å²) in [5.41, 5.74) is 7.91. The second-order valence-electron chi connectivity index (χ2n) is 14.6. The minimum Gasteiger partial charge on any atom is -0.493 e. The van der Waals surface area contributed by atoms with Gasteiger partial charge in [-0.1, -0.05) is 36.4 Å². The summed E-state index contributed by atoms with van der Waals surface area (Å²) < 4.78 is 18.2. The van der Waals surface area contributed by atoms with Crippen LogP contribution < -0.4 is 28.9 Å². The van der Waals surface area contributed by atoms with Gasteiger partial charge in [0, 0.05) is 60.4 Å². The van der Waals surface area contributed by atoms with Gasteiger partial charge in [-0.3, -0.25) is 19.5 Å². The lowest BCUT2D eigenvalue weighted by molar-refractivity contribution is 0.0977. The van der Waals surface area contributed by atoms with Gasteiger partial charge in [-0.25, -0.2) is 0 Å². The standard InChI is InChI=1S/C42H44N4O5S/c1-26-17-32-36(44(25-42(2,3)52-5)24-30-19-28-12-7-9-14-35(28)46(30)41(32)48)22-37(26)50-15-10-16-51-39-21-33-31(20-38(39)49-4)40(47)45-29(23-43-33)18-27-11-6-8-13-34(27)45/h6-9,11-14,17,20-23,29-30H,10,15-16,18-19,24-25H2,1-5H3/t29-,30-/m0/s1. The maximum absolute atomic E-state index is 14.2. The van der Waals surface area contributed by atoms with Crippen molar-refractivity contribution in [3.05, 3.63) is 101 Å². The number of amides is 2.